The van der Waals surface area contributed by atoms with Gasteiger partial charge in [-0.3, -0.25) is 9.36 Å². The van der Waals surface area contributed by atoms with Crippen LogP contribution in [0.3, 0.4) is 0 Å². The van der Waals surface area contributed by atoms with Crippen LogP contribution in [0.15, 0.2) is 79.1 Å². The summed E-state index contributed by atoms with van der Waals surface area (Å²) in [5.74, 6) is -4.94. The minimum absolute atomic E-state index is 0.00812. The molecule has 8 rings (SSSR count). The molecule has 4 aromatic carbocycles. The first-order chi connectivity index (χ1) is 33.2. The lowest BCUT2D eigenvalue weighted by Gasteiger charge is -2.33. The summed E-state index contributed by atoms with van der Waals surface area (Å²) in [7, 11) is 1.47. The van der Waals surface area contributed by atoms with Gasteiger partial charge in [0, 0.05) is 41.6 Å². The Kier molecular flexibility index (Phi) is 14.7. The van der Waals surface area contributed by atoms with E-state index in [1.54, 1.807) is 55.7 Å². The van der Waals surface area contributed by atoms with Gasteiger partial charge in [-0.25, -0.2) is 18.4 Å². The molecule has 2 fully saturated rings. The van der Waals surface area contributed by atoms with Gasteiger partial charge in [0.05, 0.1) is 50.1 Å². The van der Waals surface area contributed by atoms with E-state index in [4.69, 9.17) is 18.9 Å². The predicted molar refractivity (Wildman–Crippen MR) is 242 cm³/mol. The first kappa shape index (κ1) is 50.1. The van der Waals surface area contributed by atoms with Crippen LogP contribution >= 0.6 is 0 Å². The maximum Gasteiger partial charge on any atom is 0.573 e. The molecule has 2 aliphatic rings. The summed E-state index contributed by atoms with van der Waals surface area (Å²) < 4.78 is 101. The van der Waals surface area contributed by atoms with Gasteiger partial charge in [0.15, 0.2) is 0 Å². The van der Waals surface area contributed by atoms with Crippen LogP contribution in [-0.4, -0.2) is 102 Å². The summed E-state index contributed by atoms with van der Waals surface area (Å²) in [6, 6.07) is 16.7. The number of halogens is 5. The van der Waals surface area contributed by atoms with Gasteiger partial charge in [0.1, 0.15) is 52.7 Å². The Labute approximate surface area is 398 Å². The fraction of sp³-hybridized carbons (Fsp3) is 0.440. The number of alkyl halides is 5. The lowest BCUT2D eigenvalue weighted by molar-refractivity contribution is -0.274. The van der Waals surface area contributed by atoms with Crippen LogP contribution in [0.1, 0.15) is 100 Å². The number of nitrogens with zero attached hydrogens (tertiary/aromatic N) is 4. The number of methoxy groups -OCH3 is 1. The van der Waals surface area contributed by atoms with Crippen molar-refractivity contribution < 1.29 is 75.7 Å². The van der Waals surface area contributed by atoms with E-state index in [-0.39, 0.29) is 84.6 Å². The van der Waals surface area contributed by atoms with Gasteiger partial charge in [-0.05, 0) is 98.9 Å². The highest BCUT2D eigenvalue weighted by Gasteiger charge is 2.38. The number of hydrogen-bond acceptors (Lipinski definition) is 11. The molecule has 15 nitrogen and oxygen atoms in total. The molecule has 4 N–H and O–H groups in total. The van der Waals surface area contributed by atoms with Crippen LogP contribution in [0.25, 0.3) is 21.8 Å². The largest absolute Gasteiger partial charge is 0.573 e. The number of aromatic carboxylic acids is 2. The number of benzene rings is 4. The number of aliphatic hydroxyl groups excluding tert-OH is 2. The van der Waals surface area contributed by atoms with Gasteiger partial charge in [0.25, 0.3) is 0 Å². The molecule has 0 spiro atoms. The summed E-state index contributed by atoms with van der Waals surface area (Å²) in [4.78, 5) is 23.9. The molecule has 20 heteroatoms. The number of aryl methyl sites for hydroxylation is 1. The van der Waals surface area contributed by atoms with Crippen LogP contribution in [0.2, 0.25) is 0 Å². The fourth-order valence-corrected chi connectivity index (χ4v) is 9.36. The lowest BCUT2D eigenvalue weighted by atomic mass is 9.93. The van der Waals surface area contributed by atoms with Gasteiger partial charge in [0.2, 0.25) is 5.92 Å². The second kappa shape index (κ2) is 20.5. The normalized spacial score (nSPS) is 19.2. The minimum Gasteiger partial charge on any atom is -0.496 e. The molecule has 2 aromatic heterocycles. The molecule has 2 heterocycles. The minimum atomic E-state index is -4.98. The first-order valence-electron chi connectivity index (χ1n) is 22.9. The SMILES string of the molecule is COc1cc(C(O)C(Cn2cc3cccc(C(=O)O)c3n2)OC2CCC(F)(F)CC2)cc(OCC2CCC(OC(Cn3cc4cccc(C(=O)O)c4n3)C(O)c3ccc(C)c(OC(F)(F)F)c3)C2)c1C. The van der Waals surface area contributed by atoms with E-state index >= 15 is 0 Å². The molecule has 0 amide bonds. The summed E-state index contributed by atoms with van der Waals surface area (Å²) in [6.07, 6.45) is -6.70. The Hall–Kier alpha value is -6.35. The molecule has 6 aromatic rings. The Morgan fingerprint density at radius 1 is 0.743 bits per heavy atom. The Balaban J connectivity index is 0.998. The fourth-order valence-electron chi connectivity index (χ4n) is 9.36. The van der Waals surface area contributed by atoms with Crippen molar-refractivity contribution in [1.29, 1.82) is 0 Å². The molecule has 0 saturated heterocycles. The molecule has 0 radical (unpaired) electrons. The number of rotatable bonds is 19. The van der Waals surface area contributed by atoms with Gasteiger partial charge >= 0.3 is 18.3 Å². The Morgan fingerprint density at radius 2 is 1.29 bits per heavy atom. The van der Waals surface area contributed by atoms with Gasteiger partial charge in [-0.15, -0.1) is 13.2 Å². The van der Waals surface area contributed by atoms with Crippen molar-refractivity contribution in [3.63, 3.8) is 0 Å². The molecule has 374 valence electrons. The standard InChI is InChI=1S/C50H53F5N4O11/c1-27-10-12-30(19-38(27)70-50(53,54)55)45(60)41(24-58-22-31-6-4-8-36(47(62)63)43(31)56-58)69-35-13-11-29(18-35)26-67-40-21-33(20-39(66-3)28(40)2)46(61)42(68-34-14-16-49(51,52)17-15-34)25-59-23-32-7-5-9-37(48(64)65)44(32)57-59/h4-10,12,19-23,29,34-35,41-42,45-46,60-61H,11,13-18,24-26H2,1-3H3,(H,62,63)(H,64,65). The monoisotopic (exact) mass is 980 g/mol. The molecule has 2 saturated carbocycles. The zero-order chi connectivity index (χ0) is 50.1. The molecule has 6 atom stereocenters. The van der Waals surface area contributed by atoms with Crippen molar-refractivity contribution in [1.82, 2.24) is 19.6 Å². The van der Waals surface area contributed by atoms with E-state index in [1.165, 1.54) is 47.7 Å². The van der Waals surface area contributed by atoms with Gasteiger partial charge in [-0.1, -0.05) is 36.4 Å². The summed E-state index contributed by atoms with van der Waals surface area (Å²) in [5, 5.41) is 53.4. The van der Waals surface area contributed by atoms with Crippen molar-refractivity contribution >= 4 is 33.7 Å². The van der Waals surface area contributed by atoms with E-state index in [2.05, 4.69) is 14.9 Å². The molecule has 70 heavy (non-hydrogen) atoms. The molecule has 2 aliphatic carbocycles. The number of ether oxygens (including phenoxy) is 5. The molecule has 6 unspecified atom stereocenters. The van der Waals surface area contributed by atoms with E-state index in [0.717, 1.165) is 6.07 Å². The summed E-state index contributed by atoms with van der Waals surface area (Å²) in [5.41, 5.74) is 1.68. The zero-order valence-corrected chi connectivity index (χ0v) is 38.4. The maximum absolute atomic E-state index is 14.2. The highest BCUT2D eigenvalue weighted by Crippen LogP contribution is 2.40. The summed E-state index contributed by atoms with van der Waals surface area (Å²) in [6.45, 7) is 3.27. The zero-order valence-electron chi connectivity index (χ0n) is 38.4. The third-order valence-electron chi connectivity index (χ3n) is 13.1. The number of fused-ring (bicyclic) bond motifs is 2. The molecule has 0 bridgehead atoms. The van der Waals surface area contributed by atoms with Crippen molar-refractivity contribution in [2.45, 2.75) is 121 Å². The topological polar surface area (TPSA) is 197 Å². The number of aliphatic hydroxyl groups is 2. The average Bonchev–Trinajstić information content (AvgIpc) is 4.06. The van der Waals surface area contributed by atoms with Crippen LogP contribution in [0.4, 0.5) is 22.0 Å². The third kappa shape index (κ3) is 11.6. The summed E-state index contributed by atoms with van der Waals surface area (Å²) >= 11 is 0. The van der Waals surface area contributed by atoms with E-state index < -0.39 is 66.6 Å². The van der Waals surface area contributed by atoms with E-state index in [1.807, 2.05) is 0 Å². The Bertz CT molecular complexity index is 2840. The number of hydrogen-bond donors (Lipinski definition) is 4. The van der Waals surface area contributed by atoms with E-state index in [9.17, 15) is 52.0 Å². The molecular weight excluding hydrogens is 928 g/mol. The van der Waals surface area contributed by atoms with Crippen LogP contribution in [0, 0.1) is 19.8 Å². The number of carbonyl (C=O) groups is 2. The highest BCUT2D eigenvalue weighted by atomic mass is 19.4. The van der Waals surface area contributed by atoms with E-state index in [0.29, 0.717) is 52.7 Å². The number of carboxylic acid groups (broad SMARTS) is 2. The van der Waals surface area contributed by atoms with Gasteiger partial charge in [-0.2, -0.15) is 10.2 Å². The van der Waals surface area contributed by atoms with Crippen LogP contribution < -0.4 is 14.2 Å². The molecular formula is C50H53F5N4O11. The molecule has 0 aliphatic heterocycles. The van der Waals surface area contributed by atoms with Crippen molar-refractivity contribution in [3.05, 3.63) is 113 Å². The average molecular weight is 981 g/mol. The highest BCUT2D eigenvalue weighted by molar-refractivity contribution is 6.02. The number of carboxylic acids is 2. The lowest BCUT2D eigenvalue weighted by Crippen LogP contribution is -2.36. The predicted octanol–water partition coefficient (Wildman–Crippen LogP) is 9.37. The number of aromatic nitrogens is 4. The van der Waals surface area contributed by atoms with Crippen molar-refractivity contribution in [2.75, 3.05) is 13.7 Å². The second-order valence-corrected chi connectivity index (χ2v) is 18.1. The van der Waals surface area contributed by atoms with Gasteiger partial charge < -0.3 is 44.1 Å². The van der Waals surface area contributed by atoms with Crippen molar-refractivity contribution in [2.24, 2.45) is 5.92 Å². The van der Waals surface area contributed by atoms with Crippen molar-refractivity contribution in [3.8, 4) is 17.2 Å². The smallest absolute Gasteiger partial charge is 0.496 e. The van der Waals surface area contributed by atoms with Crippen LogP contribution in [0.5, 0.6) is 17.2 Å². The van der Waals surface area contributed by atoms with Crippen LogP contribution in [-0.2, 0) is 22.6 Å². The second-order valence-electron chi connectivity index (χ2n) is 18.1. The maximum atomic E-state index is 14.2. The third-order valence-corrected chi connectivity index (χ3v) is 13.1. The first-order valence-corrected chi connectivity index (χ1v) is 22.9. The Morgan fingerprint density at radius 3 is 1.84 bits per heavy atom. The quantitative estimate of drug-likeness (QED) is 0.0561.